The van der Waals surface area contributed by atoms with E-state index < -0.39 is 11.7 Å². The van der Waals surface area contributed by atoms with Crippen molar-refractivity contribution >= 4 is 17.5 Å². The highest BCUT2D eigenvalue weighted by Gasteiger charge is 2.21. The predicted molar refractivity (Wildman–Crippen MR) is 98.3 cm³/mol. The normalized spacial score (nSPS) is 11.8. The van der Waals surface area contributed by atoms with Crippen LogP contribution in [0.4, 0.5) is 4.39 Å². The Morgan fingerprint density at radius 3 is 2.36 bits per heavy atom. The zero-order chi connectivity index (χ0) is 17.8. The molecule has 0 heterocycles. The number of amides is 1. The van der Waals surface area contributed by atoms with Gasteiger partial charge in [-0.15, -0.1) is 0 Å². The van der Waals surface area contributed by atoms with Crippen molar-refractivity contribution in [2.24, 2.45) is 0 Å². The number of nitrogens with one attached hydrogen (secondary N) is 1. The highest BCUT2D eigenvalue weighted by molar-refractivity contribution is 6.30. The zero-order valence-corrected chi connectivity index (χ0v) is 14.4. The molecule has 0 aromatic heterocycles. The second-order valence-electron chi connectivity index (χ2n) is 5.80. The molecular formula is C21H17ClFNO. The molecule has 0 radical (unpaired) electrons. The molecule has 25 heavy (non-hydrogen) atoms. The zero-order valence-electron chi connectivity index (χ0n) is 13.7. The quantitative estimate of drug-likeness (QED) is 0.677. The van der Waals surface area contributed by atoms with Crippen molar-refractivity contribution in [1.82, 2.24) is 5.32 Å². The van der Waals surface area contributed by atoms with Crippen molar-refractivity contribution in [1.29, 1.82) is 0 Å². The van der Waals surface area contributed by atoms with Crippen LogP contribution in [0, 0.1) is 12.7 Å². The Morgan fingerprint density at radius 1 is 1.00 bits per heavy atom. The third-order valence-corrected chi connectivity index (χ3v) is 4.32. The lowest BCUT2D eigenvalue weighted by Crippen LogP contribution is -2.30. The first-order chi connectivity index (χ1) is 12.1. The van der Waals surface area contributed by atoms with Crippen LogP contribution in [0.25, 0.3) is 0 Å². The van der Waals surface area contributed by atoms with Gasteiger partial charge in [0.15, 0.2) is 0 Å². The van der Waals surface area contributed by atoms with Gasteiger partial charge in [0.05, 0.1) is 11.6 Å². The molecule has 0 spiro atoms. The molecule has 126 valence electrons. The van der Waals surface area contributed by atoms with Crippen LogP contribution in [0.5, 0.6) is 0 Å². The summed E-state index contributed by atoms with van der Waals surface area (Å²) in [4.78, 5) is 12.7. The van der Waals surface area contributed by atoms with E-state index >= 15 is 0 Å². The molecule has 0 aliphatic carbocycles. The molecule has 0 unspecified atom stereocenters. The Hall–Kier alpha value is -2.65. The highest BCUT2D eigenvalue weighted by atomic mass is 35.5. The Kier molecular flexibility index (Phi) is 5.15. The van der Waals surface area contributed by atoms with Gasteiger partial charge in [-0.05, 0) is 41.8 Å². The molecule has 3 aromatic carbocycles. The molecule has 1 atom stereocenters. The van der Waals surface area contributed by atoms with Crippen LogP contribution in [0.2, 0.25) is 5.02 Å². The maximum atomic E-state index is 14.1. The van der Waals surface area contributed by atoms with E-state index in [0.717, 1.165) is 22.8 Å². The summed E-state index contributed by atoms with van der Waals surface area (Å²) in [5.74, 6) is -1.12. The Bertz CT molecular complexity index is 895. The second-order valence-corrected chi connectivity index (χ2v) is 6.23. The number of benzene rings is 3. The van der Waals surface area contributed by atoms with Gasteiger partial charge in [-0.3, -0.25) is 4.79 Å². The van der Waals surface area contributed by atoms with E-state index in [1.165, 1.54) is 12.1 Å². The number of carbonyl (C=O) groups excluding carboxylic acids is 1. The fourth-order valence-electron chi connectivity index (χ4n) is 2.78. The third kappa shape index (κ3) is 3.89. The van der Waals surface area contributed by atoms with E-state index in [1.54, 1.807) is 0 Å². The van der Waals surface area contributed by atoms with Crippen LogP contribution in [0.1, 0.15) is 33.1 Å². The molecule has 4 heteroatoms. The van der Waals surface area contributed by atoms with E-state index in [2.05, 4.69) is 5.32 Å². The summed E-state index contributed by atoms with van der Waals surface area (Å²) in [6.07, 6.45) is 0. The number of hydrogen-bond donors (Lipinski definition) is 1. The van der Waals surface area contributed by atoms with Gasteiger partial charge in [-0.25, -0.2) is 4.39 Å². The van der Waals surface area contributed by atoms with E-state index in [-0.39, 0.29) is 16.6 Å². The summed E-state index contributed by atoms with van der Waals surface area (Å²) in [5, 5.41) is 3.20. The summed E-state index contributed by atoms with van der Waals surface area (Å²) in [5.41, 5.74) is 2.92. The average Bonchev–Trinajstić information content (AvgIpc) is 2.61. The van der Waals surface area contributed by atoms with Crippen molar-refractivity contribution in [2.45, 2.75) is 13.0 Å². The summed E-state index contributed by atoms with van der Waals surface area (Å²) in [6, 6.07) is 21.1. The minimum atomic E-state index is -0.637. The van der Waals surface area contributed by atoms with Gasteiger partial charge in [-0.2, -0.15) is 0 Å². The lowest BCUT2D eigenvalue weighted by molar-refractivity contribution is 0.0939. The minimum Gasteiger partial charge on any atom is -0.341 e. The van der Waals surface area contributed by atoms with Gasteiger partial charge in [0.2, 0.25) is 0 Å². The standard InChI is InChI=1S/C21H17ClFNO/c1-14-7-5-6-10-17(14)20(15-8-3-2-4-9-15)24-21(25)18-12-11-16(22)13-19(18)23/h2-13,20H,1H3,(H,24,25)/t20-/m1/s1. The van der Waals surface area contributed by atoms with Gasteiger partial charge in [0.25, 0.3) is 5.91 Å². The van der Waals surface area contributed by atoms with Gasteiger partial charge in [0.1, 0.15) is 5.82 Å². The largest absolute Gasteiger partial charge is 0.341 e. The van der Waals surface area contributed by atoms with E-state index in [1.807, 2.05) is 61.5 Å². The van der Waals surface area contributed by atoms with Crippen LogP contribution >= 0.6 is 11.6 Å². The highest BCUT2D eigenvalue weighted by Crippen LogP contribution is 2.25. The van der Waals surface area contributed by atoms with Crippen molar-refractivity contribution in [3.63, 3.8) is 0 Å². The first-order valence-electron chi connectivity index (χ1n) is 7.92. The number of halogens is 2. The average molecular weight is 354 g/mol. The first kappa shape index (κ1) is 17.2. The van der Waals surface area contributed by atoms with Crippen molar-refractivity contribution in [3.8, 4) is 0 Å². The predicted octanol–water partition coefficient (Wildman–Crippen LogP) is 5.31. The molecule has 3 aromatic rings. The fourth-order valence-corrected chi connectivity index (χ4v) is 2.94. The van der Waals surface area contributed by atoms with Gasteiger partial charge in [-0.1, -0.05) is 66.2 Å². The van der Waals surface area contributed by atoms with Gasteiger partial charge < -0.3 is 5.32 Å². The van der Waals surface area contributed by atoms with Crippen LogP contribution in [0.15, 0.2) is 72.8 Å². The monoisotopic (exact) mass is 353 g/mol. The molecule has 0 aliphatic heterocycles. The molecule has 1 N–H and O–H groups in total. The summed E-state index contributed by atoms with van der Waals surface area (Å²) < 4.78 is 14.1. The second kappa shape index (κ2) is 7.49. The Labute approximate surface area is 151 Å². The van der Waals surface area contributed by atoms with E-state index in [4.69, 9.17) is 11.6 Å². The fraction of sp³-hybridized carbons (Fsp3) is 0.0952. The molecular weight excluding hydrogens is 337 g/mol. The molecule has 1 amide bonds. The maximum Gasteiger partial charge on any atom is 0.255 e. The maximum absolute atomic E-state index is 14.1. The van der Waals surface area contributed by atoms with Crippen LogP contribution < -0.4 is 5.32 Å². The number of aryl methyl sites for hydroxylation is 1. The lowest BCUT2D eigenvalue weighted by atomic mass is 9.94. The first-order valence-corrected chi connectivity index (χ1v) is 8.30. The minimum absolute atomic E-state index is 0.0288. The SMILES string of the molecule is Cc1ccccc1[C@H](NC(=O)c1ccc(Cl)cc1F)c1ccccc1. The molecule has 0 aliphatic rings. The number of hydrogen-bond acceptors (Lipinski definition) is 1. The molecule has 0 fully saturated rings. The summed E-state index contributed by atoms with van der Waals surface area (Å²) >= 11 is 5.77. The third-order valence-electron chi connectivity index (χ3n) is 4.08. The van der Waals surface area contributed by atoms with E-state index in [0.29, 0.717) is 0 Å². The van der Waals surface area contributed by atoms with Gasteiger partial charge >= 0.3 is 0 Å². The molecule has 0 bridgehead atoms. The van der Waals surface area contributed by atoms with Gasteiger partial charge in [0, 0.05) is 5.02 Å². The van der Waals surface area contributed by atoms with Crippen molar-refractivity contribution in [2.75, 3.05) is 0 Å². The molecule has 3 rings (SSSR count). The van der Waals surface area contributed by atoms with Crippen LogP contribution in [-0.2, 0) is 0 Å². The molecule has 2 nitrogen and oxygen atoms in total. The molecule has 0 saturated heterocycles. The number of carbonyl (C=O) groups is 1. The van der Waals surface area contributed by atoms with E-state index in [9.17, 15) is 9.18 Å². The van der Waals surface area contributed by atoms with Crippen molar-refractivity contribution < 1.29 is 9.18 Å². The van der Waals surface area contributed by atoms with Crippen LogP contribution in [0.3, 0.4) is 0 Å². The summed E-state index contributed by atoms with van der Waals surface area (Å²) in [6.45, 7) is 1.99. The Balaban J connectivity index is 1.98. The lowest BCUT2D eigenvalue weighted by Gasteiger charge is -2.22. The van der Waals surface area contributed by atoms with Crippen LogP contribution in [-0.4, -0.2) is 5.91 Å². The smallest absolute Gasteiger partial charge is 0.255 e. The topological polar surface area (TPSA) is 29.1 Å². The Morgan fingerprint density at radius 2 is 1.68 bits per heavy atom. The van der Waals surface area contributed by atoms with Crippen molar-refractivity contribution in [3.05, 3.63) is 106 Å². The number of rotatable bonds is 4. The summed E-state index contributed by atoms with van der Waals surface area (Å²) in [7, 11) is 0. The molecule has 0 saturated carbocycles.